The third kappa shape index (κ3) is 4.80. The molecule has 1 unspecified atom stereocenters. The van der Waals surface area contributed by atoms with Gasteiger partial charge in [-0.3, -0.25) is 9.59 Å². The Morgan fingerprint density at radius 2 is 2.20 bits per heavy atom. The fourth-order valence-electron chi connectivity index (χ4n) is 3.50. The number of rotatable bonds is 6. The Bertz CT molecular complexity index is 613. The molecule has 0 radical (unpaired) electrons. The zero-order chi connectivity index (χ0) is 17.6. The van der Waals surface area contributed by atoms with Gasteiger partial charge < -0.3 is 20.1 Å². The molecule has 0 saturated carbocycles. The van der Waals surface area contributed by atoms with Gasteiger partial charge in [-0.25, -0.2) is 0 Å². The fraction of sp³-hybridized carbons (Fsp3) is 0.579. The highest BCUT2D eigenvalue weighted by Crippen LogP contribution is 2.22. The fourth-order valence-corrected chi connectivity index (χ4v) is 3.50. The first kappa shape index (κ1) is 17.9. The minimum atomic E-state index is -0.155. The van der Waals surface area contributed by atoms with Gasteiger partial charge in [0.15, 0.2) is 0 Å². The van der Waals surface area contributed by atoms with Crippen molar-refractivity contribution >= 4 is 11.8 Å². The summed E-state index contributed by atoms with van der Waals surface area (Å²) in [5.74, 6) is -0.125. The Balaban J connectivity index is 1.48. The number of ether oxygens (including phenoxy) is 2. The zero-order valence-corrected chi connectivity index (χ0v) is 14.6. The molecule has 25 heavy (non-hydrogen) atoms. The SMILES string of the molecule is Cc1ccccc1COCC(=O)N[C@H]1CCC(=O)N[C@@H]1C1CCCO1. The lowest BCUT2D eigenvalue weighted by atomic mass is 9.92. The van der Waals surface area contributed by atoms with Gasteiger partial charge in [0.2, 0.25) is 11.8 Å². The number of piperidine rings is 1. The van der Waals surface area contributed by atoms with Crippen LogP contribution in [0.1, 0.15) is 36.8 Å². The van der Waals surface area contributed by atoms with Crippen LogP contribution in [-0.4, -0.2) is 43.2 Å². The van der Waals surface area contributed by atoms with Crippen molar-refractivity contribution in [3.63, 3.8) is 0 Å². The first-order valence-corrected chi connectivity index (χ1v) is 8.96. The molecule has 2 fully saturated rings. The highest BCUT2D eigenvalue weighted by molar-refractivity contribution is 5.80. The molecule has 0 aliphatic carbocycles. The molecule has 2 heterocycles. The first-order chi connectivity index (χ1) is 12.1. The third-order valence-electron chi connectivity index (χ3n) is 4.91. The summed E-state index contributed by atoms with van der Waals surface area (Å²) in [6.45, 7) is 3.17. The second-order valence-corrected chi connectivity index (χ2v) is 6.78. The van der Waals surface area contributed by atoms with Gasteiger partial charge in [-0.15, -0.1) is 0 Å². The van der Waals surface area contributed by atoms with Crippen LogP contribution in [0.4, 0.5) is 0 Å². The van der Waals surface area contributed by atoms with Gasteiger partial charge >= 0.3 is 0 Å². The van der Waals surface area contributed by atoms with E-state index in [-0.39, 0.29) is 36.6 Å². The van der Waals surface area contributed by atoms with Crippen molar-refractivity contribution in [1.82, 2.24) is 10.6 Å². The second kappa shape index (κ2) is 8.45. The Morgan fingerprint density at radius 1 is 1.36 bits per heavy atom. The number of aryl methyl sites for hydroxylation is 1. The van der Waals surface area contributed by atoms with Gasteiger partial charge in [-0.05, 0) is 37.3 Å². The maximum absolute atomic E-state index is 12.2. The molecule has 0 bridgehead atoms. The van der Waals surface area contributed by atoms with Crippen LogP contribution < -0.4 is 10.6 Å². The monoisotopic (exact) mass is 346 g/mol. The molecule has 3 atom stereocenters. The van der Waals surface area contributed by atoms with Crippen LogP contribution in [0.15, 0.2) is 24.3 Å². The number of benzene rings is 1. The van der Waals surface area contributed by atoms with Crippen molar-refractivity contribution in [1.29, 1.82) is 0 Å². The van der Waals surface area contributed by atoms with E-state index in [1.54, 1.807) is 0 Å². The highest BCUT2D eigenvalue weighted by Gasteiger charge is 2.37. The molecule has 136 valence electrons. The maximum Gasteiger partial charge on any atom is 0.246 e. The van der Waals surface area contributed by atoms with Crippen molar-refractivity contribution < 1.29 is 19.1 Å². The summed E-state index contributed by atoms with van der Waals surface area (Å²) in [5, 5.41) is 5.99. The molecule has 1 aromatic carbocycles. The van der Waals surface area contributed by atoms with Gasteiger partial charge in [0.05, 0.1) is 24.8 Å². The molecule has 2 saturated heterocycles. The van der Waals surface area contributed by atoms with E-state index < -0.39 is 0 Å². The average Bonchev–Trinajstić information content (AvgIpc) is 3.12. The Morgan fingerprint density at radius 3 is 2.96 bits per heavy atom. The van der Waals surface area contributed by atoms with Crippen LogP contribution in [0.3, 0.4) is 0 Å². The molecule has 6 heteroatoms. The summed E-state index contributed by atoms with van der Waals surface area (Å²) in [6.07, 6.45) is 2.97. The van der Waals surface area contributed by atoms with E-state index in [1.807, 2.05) is 31.2 Å². The van der Waals surface area contributed by atoms with E-state index in [0.29, 0.717) is 19.4 Å². The van der Waals surface area contributed by atoms with Gasteiger partial charge in [-0.2, -0.15) is 0 Å². The molecular weight excluding hydrogens is 320 g/mol. The van der Waals surface area contributed by atoms with Gasteiger partial charge in [0, 0.05) is 13.0 Å². The Kier molecular flexibility index (Phi) is 6.04. The number of carbonyl (C=O) groups is 2. The summed E-state index contributed by atoms with van der Waals surface area (Å²) in [6, 6.07) is 7.71. The summed E-state index contributed by atoms with van der Waals surface area (Å²) < 4.78 is 11.3. The maximum atomic E-state index is 12.2. The van der Waals surface area contributed by atoms with Crippen LogP contribution in [0.2, 0.25) is 0 Å². The minimum absolute atomic E-state index is 0.0109. The molecule has 0 aromatic heterocycles. The average molecular weight is 346 g/mol. The van der Waals surface area contributed by atoms with Gasteiger partial charge in [-0.1, -0.05) is 24.3 Å². The molecule has 0 spiro atoms. The molecule has 2 aliphatic rings. The smallest absolute Gasteiger partial charge is 0.246 e. The highest BCUT2D eigenvalue weighted by atomic mass is 16.5. The van der Waals surface area contributed by atoms with E-state index in [0.717, 1.165) is 30.6 Å². The Labute approximate surface area is 148 Å². The van der Waals surface area contributed by atoms with Crippen molar-refractivity contribution in [3.8, 4) is 0 Å². The molecule has 3 rings (SSSR count). The summed E-state index contributed by atoms with van der Waals surface area (Å²) in [5.41, 5.74) is 2.23. The topological polar surface area (TPSA) is 76.7 Å². The van der Waals surface area contributed by atoms with Crippen molar-refractivity contribution in [2.45, 2.75) is 57.4 Å². The third-order valence-corrected chi connectivity index (χ3v) is 4.91. The van der Waals surface area contributed by atoms with Crippen LogP contribution in [0, 0.1) is 6.92 Å². The summed E-state index contributed by atoms with van der Waals surface area (Å²) in [7, 11) is 0. The number of nitrogens with one attached hydrogen (secondary N) is 2. The lowest BCUT2D eigenvalue weighted by Crippen LogP contribution is -2.60. The lowest BCUT2D eigenvalue weighted by molar-refractivity contribution is -0.131. The van der Waals surface area contributed by atoms with Crippen molar-refractivity contribution in [2.24, 2.45) is 0 Å². The standard InChI is InChI=1S/C19H26N2O4/c1-13-5-2-3-6-14(13)11-24-12-18(23)20-15-8-9-17(22)21-19(15)16-7-4-10-25-16/h2-3,5-6,15-16,19H,4,7-12H2,1H3,(H,20,23)(H,21,22)/t15-,16?,19-/m0/s1. The van der Waals surface area contributed by atoms with E-state index >= 15 is 0 Å². The molecular formula is C19H26N2O4. The van der Waals surface area contributed by atoms with E-state index in [9.17, 15) is 9.59 Å². The normalized spacial score (nSPS) is 26.3. The van der Waals surface area contributed by atoms with Crippen molar-refractivity contribution in [3.05, 3.63) is 35.4 Å². The quantitative estimate of drug-likeness (QED) is 0.817. The Hall–Kier alpha value is -1.92. The van der Waals surface area contributed by atoms with E-state index in [2.05, 4.69) is 10.6 Å². The second-order valence-electron chi connectivity index (χ2n) is 6.78. The predicted molar refractivity (Wildman–Crippen MR) is 92.9 cm³/mol. The minimum Gasteiger partial charge on any atom is -0.376 e. The molecule has 2 amide bonds. The number of hydrogen-bond acceptors (Lipinski definition) is 4. The molecule has 1 aromatic rings. The number of carbonyl (C=O) groups excluding carboxylic acids is 2. The first-order valence-electron chi connectivity index (χ1n) is 8.96. The van der Waals surface area contributed by atoms with Crippen molar-refractivity contribution in [2.75, 3.05) is 13.2 Å². The molecule has 2 aliphatic heterocycles. The largest absolute Gasteiger partial charge is 0.376 e. The van der Waals surface area contributed by atoms with Gasteiger partial charge in [0.1, 0.15) is 6.61 Å². The van der Waals surface area contributed by atoms with Crippen LogP contribution in [0.25, 0.3) is 0 Å². The number of hydrogen-bond donors (Lipinski definition) is 2. The predicted octanol–water partition coefficient (Wildman–Crippen LogP) is 1.45. The molecule has 6 nitrogen and oxygen atoms in total. The van der Waals surface area contributed by atoms with Crippen LogP contribution >= 0.6 is 0 Å². The summed E-state index contributed by atoms with van der Waals surface area (Å²) >= 11 is 0. The zero-order valence-electron chi connectivity index (χ0n) is 14.6. The van der Waals surface area contributed by atoms with Crippen LogP contribution in [-0.2, 0) is 25.7 Å². The molecule has 2 N–H and O–H groups in total. The van der Waals surface area contributed by atoms with E-state index in [4.69, 9.17) is 9.47 Å². The van der Waals surface area contributed by atoms with Gasteiger partial charge in [0.25, 0.3) is 0 Å². The van der Waals surface area contributed by atoms with Crippen LogP contribution in [0.5, 0.6) is 0 Å². The van der Waals surface area contributed by atoms with E-state index in [1.165, 1.54) is 0 Å². The summed E-state index contributed by atoms with van der Waals surface area (Å²) in [4.78, 5) is 24.0. The lowest BCUT2D eigenvalue weighted by Gasteiger charge is -2.36. The number of amides is 2.